The largest absolute Gasteiger partial charge is 0.364 e. The summed E-state index contributed by atoms with van der Waals surface area (Å²) in [7, 11) is 1.80. The van der Waals surface area contributed by atoms with E-state index < -0.39 is 0 Å². The first-order valence-corrected chi connectivity index (χ1v) is 7.94. The molecular weight excluding hydrogens is 357 g/mol. The van der Waals surface area contributed by atoms with E-state index in [9.17, 15) is 4.79 Å². The Kier molecular flexibility index (Phi) is 7.70. The Bertz CT molecular complexity index is 619. The summed E-state index contributed by atoms with van der Waals surface area (Å²) in [6, 6.07) is 8.01. The van der Waals surface area contributed by atoms with Crippen LogP contribution in [-0.4, -0.2) is 41.6 Å². The number of hydrogen-bond donors (Lipinski definition) is 1. The van der Waals surface area contributed by atoms with Gasteiger partial charge < -0.3 is 15.4 Å². The number of benzene rings is 1. The van der Waals surface area contributed by atoms with Crippen molar-refractivity contribution in [2.24, 2.45) is 5.73 Å². The van der Waals surface area contributed by atoms with E-state index in [-0.39, 0.29) is 42.9 Å². The third kappa shape index (κ3) is 4.55. The summed E-state index contributed by atoms with van der Waals surface area (Å²) in [6.07, 6.45) is 1.29. The third-order valence-corrected chi connectivity index (χ3v) is 4.75. The van der Waals surface area contributed by atoms with Gasteiger partial charge in [-0.1, -0.05) is 12.1 Å². The molecule has 0 saturated carbocycles. The molecule has 1 saturated heterocycles. The van der Waals surface area contributed by atoms with E-state index in [0.717, 1.165) is 28.1 Å². The Morgan fingerprint density at radius 2 is 2.13 bits per heavy atom. The average Bonchev–Trinajstić information content (AvgIpc) is 3.12. The standard InChI is InChI=1S/C15H19N3O2S.2ClH/c1-18(15(19)12-7-6-10(8-16)20-12)9-14-17-11-4-2-3-5-13(11)21-14;;/h2-5,10,12H,6-9,16H2,1H3;2*1H/t10-,12+;;/m1../s1. The quantitative estimate of drug-likeness (QED) is 0.888. The molecule has 3 rings (SSSR count). The van der Waals surface area contributed by atoms with Gasteiger partial charge in [-0.15, -0.1) is 36.2 Å². The summed E-state index contributed by atoms with van der Waals surface area (Å²) in [5.41, 5.74) is 6.57. The first kappa shape index (κ1) is 20.1. The molecule has 0 unspecified atom stereocenters. The van der Waals surface area contributed by atoms with Crippen molar-refractivity contribution in [2.45, 2.75) is 31.6 Å². The van der Waals surface area contributed by atoms with Gasteiger partial charge in [0.25, 0.3) is 5.91 Å². The molecule has 0 radical (unpaired) electrons. The van der Waals surface area contributed by atoms with Crippen LogP contribution in [0.25, 0.3) is 10.2 Å². The number of carbonyl (C=O) groups is 1. The van der Waals surface area contributed by atoms with Gasteiger partial charge in [0.05, 0.1) is 22.9 Å². The molecule has 1 aliphatic rings. The minimum absolute atomic E-state index is 0. The SMILES string of the molecule is CN(Cc1nc2ccccc2s1)C(=O)[C@@H]1CC[C@H](CN)O1.Cl.Cl. The van der Waals surface area contributed by atoms with E-state index in [1.54, 1.807) is 23.3 Å². The van der Waals surface area contributed by atoms with Crippen LogP contribution in [0.15, 0.2) is 24.3 Å². The van der Waals surface area contributed by atoms with Crippen LogP contribution in [0.5, 0.6) is 0 Å². The number of carbonyl (C=O) groups excluding carboxylic acids is 1. The van der Waals surface area contributed by atoms with Crippen molar-refractivity contribution >= 4 is 52.3 Å². The molecule has 128 valence electrons. The molecule has 0 bridgehead atoms. The van der Waals surface area contributed by atoms with Crippen LogP contribution in [0.4, 0.5) is 0 Å². The van der Waals surface area contributed by atoms with Crippen molar-refractivity contribution in [3.05, 3.63) is 29.3 Å². The number of nitrogens with two attached hydrogens (primary N) is 1. The average molecular weight is 378 g/mol. The zero-order chi connectivity index (χ0) is 14.8. The number of rotatable bonds is 4. The molecule has 2 atom stereocenters. The van der Waals surface area contributed by atoms with E-state index in [1.165, 1.54) is 0 Å². The van der Waals surface area contributed by atoms with Crippen molar-refractivity contribution in [1.29, 1.82) is 0 Å². The maximum absolute atomic E-state index is 12.4. The second kappa shape index (κ2) is 8.80. The molecule has 1 fully saturated rings. The number of nitrogens with zero attached hydrogens (tertiary/aromatic N) is 2. The maximum atomic E-state index is 12.4. The molecule has 2 heterocycles. The highest BCUT2D eigenvalue weighted by Gasteiger charge is 2.31. The lowest BCUT2D eigenvalue weighted by Crippen LogP contribution is -2.36. The minimum Gasteiger partial charge on any atom is -0.364 e. The molecule has 2 N–H and O–H groups in total. The lowest BCUT2D eigenvalue weighted by atomic mass is 10.2. The molecule has 1 aromatic heterocycles. The molecule has 0 spiro atoms. The van der Waals surface area contributed by atoms with Crippen LogP contribution in [-0.2, 0) is 16.1 Å². The fourth-order valence-corrected chi connectivity index (χ4v) is 3.60. The van der Waals surface area contributed by atoms with Crippen molar-refractivity contribution < 1.29 is 9.53 Å². The van der Waals surface area contributed by atoms with Gasteiger partial charge in [0.1, 0.15) is 11.1 Å². The molecule has 1 amide bonds. The van der Waals surface area contributed by atoms with Gasteiger partial charge in [-0.25, -0.2) is 4.98 Å². The van der Waals surface area contributed by atoms with Gasteiger partial charge in [0, 0.05) is 13.6 Å². The number of aromatic nitrogens is 1. The maximum Gasteiger partial charge on any atom is 0.251 e. The van der Waals surface area contributed by atoms with Gasteiger partial charge in [-0.3, -0.25) is 4.79 Å². The Morgan fingerprint density at radius 1 is 1.39 bits per heavy atom. The van der Waals surface area contributed by atoms with Gasteiger partial charge >= 0.3 is 0 Å². The normalized spacial score (nSPS) is 19.9. The summed E-state index contributed by atoms with van der Waals surface area (Å²) in [5, 5.41) is 0.945. The summed E-state index contributed by atoms with van der Waals surface area (Å²) in [6.45, 7) is 0.997. The number of amides is 1. The number of hydrogen-bond acceptors (Lipinski definition) is 5. The van der Waals surface area contributed by atoms with Gasteiger partial charge in [0.15, 0.2) is 0 Å². The Morgan fingerprint density at radius 3 is 2.78 bits per heavy atom. The first-order chi connectivity index (χ1) is 10.2. The van der Waals surface area contributed by atoms with E-state index in [1.807, 2.05) is 24.3 Å². The Labute approximate surface area is 152 Å². The molecule has 1 aromatic carbocycles. The smallest absolute Gasteiger partial charge is 0.251 e. The van der Waals surface area contributed by atoms with E-state index >= 15 is 0 Å². The van der Waals surface area contributed by atoms with Gasteiger partial charge in [-0.2, -0.15) is 0 Å². The topological polar surface area (TPSA) is 68.5 Å². The van der Waals surface area contributed by atoms with Crippen LogP contribution in [0, 0.1) is 0 Å². The Hall–Kier alpha value is -0.920. The van der Waals surface area contributed by atoms with Gasteiger partial charge in [-0.05, 0) is 25.0 Å². The predicted octanol–water partition coefficient (Wildman–Crippen LogP) is 2.60. The fraction of sp³-hybridized carbons (Fsp3) is 0.467. The second-order valence-electron chi connectivity index (χ2n) is 5.33. The summed E-state index contributed by atoms with van der Waals surface area (Å²) in [4.78, 5) is 18.6. The van der Waals surface area contributed by atoms with Crippen molar-refractivity contribution in [2.75, 3.05) is 13.6 Å². The molecular formula is C15H21Cl2N3O2S. The predicted molar refractivity (Wildman–Crippen MR) is 97.5 cm³/mol. The summed E-state index contributed by atoms with van der Waals surface area (Å²) < 4.78 is 6.80. The van der Waals surface area contributed by atoms with Crippen molar-refractivity contribution in [3.8, 4) is 0 Å². The number of fused-ring (bicyclic) bond motifs is 1. The van der Waals surface area contributed by atoms with Gasteiger partial charge in [0.2, 0.25) is 0 Å². The Balaban J connectivity index is 0.00000132. The number of para-hydroxylation sites is 1. The molecule has 1 aliphatic heterocycles. The van der Waals surface area contributed by atoms with Crippen LogP contribution in [0.3, 0.4) is 0 Å². The number of likely N-dealkylation sites (N-methyl/N-ethyl adjacent to an activating group) is 1. The minimum atomic E-state index is -0.349. The molecule has 0 aliphatic carbocycles. The van der Waals surface area contributed by atoms with Crippen LogP contribution in [0.1, 0.15) is 17.8 Å². The molecule has 5 nitrogen and oxygen atoms in total. The van der Waals surface area contributed by atoms with Crippen molar-refractivity contribution in [3.63, 3.8) is 0 Å². The van der Waals surface area contributed by atoms with E-state index in [4.69, 9.17) is 10.5 Å². The third-order valence-electron chi connectivity index (χ3n) is 3.73. The summed E-state index contributed by atoms with van der Waals surface area (Å²) >= 11 is 1.62. The van der Waals surface area contributed by atoms with E-state index in [0.29, 0.717) is 13.1 Å². The number of thiazole rings is 1. The highest BCUT2D eigenvalue weighted by atomic mass is 35.5. The lowest BCUT2D eigenvalue weighted by Gasteiger charge is -2.20. The first-order valence-electron chi connectivity index (χ1n) is 7.12. The fourth-order valence-electron chi connectivity index (χ4n) is 2.57. The summed E-state index contributed by atoms with van der Waals surface area (Å²) in [5.74, 6) is 0.0187. The number of ether oxygens (including phenoxy) is 1. The monoisotopic (exact) mass is 377 g/mol. The lowest BCUT2D eigenvalue weighted by molar-refractivity contribution is -0.141. The molecule has 8 heteroatoms. The highest BCUT2D eigenvalue weighted by molar-refractivity contribution is 7.18. The highest BCUT2D eigenvalue weighted by Crippen LogP contribution is 2.24. The van der Waals surface area contributed by atoms with Crippen molar-refractivity contribution in [1.82, 2.24) is 9.88 Å². The second-order valence-corrected chi connectivity index (χ2v) is 6.44. The zero-order valence-corrected chi connectivity index (χ0v) is 15.3. The van der Waals surface area contributed by atoms with Crippen LogP contribution < -0.4 is 5.73 Å². The van der Waals surface area contributed by atoms with E-state index in [2.05, 4.69) is 4.98 Å². The van der Waals surface area contributed by atoms with Crippen LogP contribution >= 0.6 is 36.2 Å². The molecule has 23 heavy (non-hydrogen) atoms. The zero-order valence-electron chi connectivity index (χ0n) is 12.8. The molecule has 2 aromatic rings. The van der Waals surface area contributed by atoms with Crippen LogP contribution in [0.2, 0.25) is 0 Å². The number of halogens is 2.